The third kappa shape index (κ3) is 7.44. The molecule has 4 atom stereocenters. The molecule has 0 bridgehead atoms. The summed E-state index contributed by atoms with van der Waals surface area (Å²) in [6, 6.07) is 13.6. The fraction of sp³-hybridized carbons (Fsp3) is 0.357. The van der Waals surface area contributed by atoms with Gasteiger partial charge in [0.1, 0.15) is 0 Å². The molecule has 0 spiro atoms. The molecule has 2 aromatic carbocycles. The number of hydrogen-bond acceptors (Lipinski definition) is 6. The van der Waals surface area contributed by atoms with Crippen LogP contribution in [-0.4, -0.2) is 59.3 Å². The third-order valence-electron chi connectivity index (χ3n) is 6.58. The molecule has 4 rings (SSSR count). The Balaban J connectivity index is 1.61. The van der Waals surface area contributed by atoms with Crippen molar-refractivity contribution in [2.45, 2.75) is 55.3 Å². The molecule has 0 amide bonds. The molecular weight excluding hydrogens is 583 g/mol. The van der Waals surface area contributed by atoms with Gasteiger partial charge in [0.2, 0.25) is 0 Å². The van der Waals surface area contributed by atoms with Crippen LogP contribution in [0.2, 0.25) is 4.71 Å². The van der Waals surface area contributed by atoms with E-state index in [0.717, 1.165) is 41.2 Å². The summed E-state index contributed by atoms with van der Waals surface area (Å²) in [4.78, 5) is 17.1. The van der Waals surface area contributed by atoms with Gasteiger partial charge in [0.15, 0.2) is 0 Å². The number of thioether (sulfide) groups is 1. The number of halogens is 2. The first-order valence-electron chi connectivity index (χ1n) is 12.7. The molecule has 0 aliphatic carbocycles. The number of hydrogen-bond donors (Lipinski definition) is 2. The molecule has 0 aliphatic heterocycles. The number of benzene rings is 2. The predicted molar refractivity (Wildman–Crippen MR) is 151 cm³/mol. The number of rotatable bonds is 12. The van der Waals surface area contributed by atoms with E-state index in [0.29, 0.717) is 36.0 Å². The summed E-state index contributed by atoms with van der Waals surface area (Å²) in [6.07, 6.45) is 1.27. The molecule has 3 unspecified atom stereocenters. The second-order valence-corrected chi connectivity index (χ2v) is 12.6. The summed E-state index contributed by atoms with van der Waals surface area (Å²) in [7, 11) is 0. The normalized spacial score (nSPS) is 13.9. The molecule has 0 saturated carbocycles. The van der Waals surface area contributed by atoms with Crippen LogP contribution in [0, 0.1) is 31.4 Å². The number of carboxylic acids is 1. The van der Waals surface area contributed by atoms with E-state index in [2.05, 4.69) is 39.6 Å². The van der Waals surface area contributed by atoms with E-state index in [9.17, 15) is 18.7 Å². The van der Waals surface area contributed by atoms with Crippen molar-refractivity contribution in [3.8, 4) is 0 Å². The summed E-state index contributed by atoms with van der Waals surface area (Å²) >= 11 is 2.46. The van der Waals surface area contributed by atoms with Gasteiger partial charge in [-0.05, 0) is 0 Å². The van der Waals surface area contributed by atoms with Gasteiger partial charge in [-0.1, -0.05) is 0 Å². The summed E-state index contributed by atoms with van der Waals surface area (Å²) in [5.74, 6) is -2.24. The number of carboxylic acid groups (broad SMARTS) is 1. The van der Waals surface area contributed by atoms with Gasteiger partial charge in [0, 0.05) is 0 Å². The number of nitrogens with zero attached hydrogens (tertiary/aromatic N) is 4. The summed E-state index contributed by atoms with van der Waals surface area (Å²) in [5.41, 5.74) is 4.49. The minimum atomic E-state index is -0.984. The number of aryl methyl sites for hydroxylation is 3. The summed E-state index contributed by atoms with van der Waals surface area (Å²) in [6.45, 7) is 6.84. The molecule has 11 heteroatoms. The Hall–Kier alpha value is -2.81. The first-order chi connectivity index (χ1) is 18.6. The molecular formula is C28H32AsF2N5O2S. The van der Waals surface area contributed by atoms with Crippen molar-refractivity contribution in [3.05, 3.63) is 88.2 Å². The fourth-order valence-corrected chi connectivity index (χ4v) is 7.57. The van der Waals surface area contributed by atoms with E-state index >= 15 is 0 Å². The Morgan fingerprint density at radius 1 is 1.08 bits per heavy atom. The standard InChI is InChI=1S/C28H32AsF2N5O2S/c1-4-18-6-5-7-19(9-18)14-32-15-23(24(29)12-20-10-21(30)13-22(31)11-20)25(26(37)38)39-28-35-34-27-33-16(2)8-17(3)36(27)28/h5-11,13,23-25,32H,4,12,14-15,29H2,1-3H3,(H,37,38)/t23?,24?,25-/m0/s1. The SMILES string of the molecule is CCc1cccc(CNCC(C([AsH2])Cc2cc(F)cc(F)c2)[C@H](Sc2nnc3nc(C)cc(C)n23)C(=O)O)c1. The molecule has 2 N–H and O–H groups in total. The van der Waals surface area contributed by atoms with Crippen molar-refractivity contribution in [3.63, 3.8) is 0 Å². The maximum atomic E-state index is 13.9. The van der Waals surface area contributed by atoms with Crippen molar-refractivity contribution in [1.82, 2.24) is 24.9 Å². The second kappa shape index (κ2) is 13.0. The van der Waals surface area contributed by atoms with Crippen LogP contribution in [0.1, 0.15) is 35.0 Å². The zero-order valence-electron chi connectivity index (χ0n) is 22.1. The Morgan fingerprint density at radius 3 is 2.49 bits per heavy atom. The van der Waals surface area contributed by atoms with Gasteiger partial charge in [-0.15, -0.1) is 0 Å². The van der Waals surface area contributed by atoms with Crippen molar-refractivity contribution in [1.29, 1.82) is 0 Å². The molecule has 0 radical (unpaired) electrons. The molecule has 4 aromatic rings. The Morgan fingerprint density at radius 2 is 1.79 bits per heavy atom. The fourth-order valence-electron chi connectivity index (χ4n) is 4.69. The first kappa shape index (κ1) is 29.2. The Kier molecular flexibility index (Phi) is 9.75. The molecule has 2 heterocycles. The number of carbonyl (C=O) groups is 1. The number of fused-ring (bicyclic) bond motifs is 1. The van der Waals surface area contributed by atoms with E-state index in [1.165, 1.54) is 34.5 Å². The van der Waals surface area contributed by atoms with Crippen LogP contribution in [0.3, 0.4) is 0 Å². The minimum absolute atomic E-state index is 0.164. The topological polar surface area (TPSA) is 92.4 Å². The average molecular weight is 616 g/mol. The van der Waals surface area contributed by atoms with Crippen molar-refractivity contribution < 1.29 is 18.7 Å². The summed E-state index contributed by atoms with van der Waals surface area (Å²) < 4.78 is 29.4. The van der Waals surface area contributed by atoms with Crippen LogP contribution in [0.5, 0.6) is 0 Å². The molecule has 39 heavy (non-hydrogen) atoms. The van der Waals surface area contributed by atoms with Crippen LogP contribution in [0.15, 0.2) is 53.7 Å². The average Bonchev–Trinajstić information content (AvgIpc) is 3.27. The molecule has 0 aliphatic rings. The molecule has 7 nitrogen and oxygen atoms in total. The number of aliphatic carboxylic acids is 1. The van der Waals surface area contributed by atoms with Crippen LogP contribution < -0.4 is 5.32 Å². The van der Waals surface area contributed by atoms with Crippen LogP contribution >= 0.6 is 11.8 Å². The Bertz CT molecular complexity index is 1450. The van der Waals surface area contributed by atoms with E-state index in [1.54, 1.807) is 4.40 Å². The third-order valence-corrected chi connectivity index (χ3v) is 9.39. The monoisotopic (exact) mass is 615 g/mol. The van der Waals surface area contributed by atoms with Crippen molar-refractivity contribution in [2.75, 3.05) is 6.54 Å². The van der Waals surface area contributed by atoms with Crippen molar-refractivity contribution >= 4 is 40.4 Å². The predicted octanol–water partition coefficient (Wildman–Crippen LogP) is 4.20. The zero-order valence-corrected chi connectivity index (χ0v) is 25.3. The van der Waals surface area contributed by atoms with Crippen LogP contribution in [-0.2, 0) is 24.2 Å². The molecule has 206 valence electrons. The van der Waals surface area contributed by atoms with Gasteiger partial charge in [-0.25, -0.2) is 0 Å². The van der Waals surface area contributed by atoms with E-state index in [-0.39, 0.29) is 10.6 Å². The van der Waals surface area contributed by atoms with Gasteiger partial charge in [0.25, 0.3) is 0 Å². The van der Waals surface area contributed by atoms with E-state index < -0.39 is 22.9 Å². The second-order valence-electron chi connectivity index (χ2n) is 9.65. The molecule has 0 fully saturated rings. The number of nitrogens with one attached hydrogen (secondary N) is 1. The summed E-state index contributed by atoms with van der Waals surface area (Å²) in [5, 5.41) is 21.8. The first-order valence-corrected chi connectivity index (χ1v) is 15.0. The van der Waals surface area contributed by atoms with E-state index in [4.69, 9.17) is 0 Å². The molecule has 2 aromatic heterocycles. The number of aromatic nitrogens is 4. The maximum absolute atomic E-state index is 13.9. The molecule has 0 saturated heterocycles. The van der Waals surface area contributed by atoms with Crippen LogP contribution in [0.25, 0.3) is 5.78 Å². The van der Waals surface area contributed by atoms with Gasteiger partial charge in [-0.3, -0.25) is 0 Å². The van der Waals surface area contributed by atoms with Crippen molar-refractivity contribution in [2.24, 2.45) is 5.92 Å². The van der Waals surface area contributed by atoms with Gasteiger partial charge < -0.3 is 0 Å². The van der Waals surface area contributed by atoms with Gasteiger partial charge in [-0.2, -0.15) is 0 Å². The van der Waals surface area contributed by atoms with Crippen LogP contribution in [0.4, 0.5) is 8.78 Å². The Labute approximate surface area is 239 Å². The van der Waals surface area contributed by atoms with Gasteiger partial charge >= 0.3 is 240 Å². The zero-order chi connectivity index (χ0) is 28.1. The quantitative estimate of drug-likeness (QED) is 0.182. The van der Waals surface area contributed by atoms with E-state index in [1.807, 2.05) is 32.0 Å². The van der Waals surface area contributed by atoms with Gasteiger partial charge in [0.05, 0.1) is 0 Å².